The molecule has 0 amide bonds. The van der Waals surface area contributed by atoms with E-state index in [1.165, 1.54) is 0 Å². The maximum absolute atomic E-state index is 8.36. The molecule has 0 atom stereocenters. The molecule has 2 aromatic carbocycles. The number of hydrogen-bond acceptors (Lipinski definition) is 16. The first-order valence-electron chi connectivity index (χ1n) is 30.0. The van der Waals surface area contributed by atoms with Gasteiger partial charge in [-0.15, -0.1) is 0 Å². The highest BCUT2D eigenvalue weighted by molar-refractivity contribution is 5.63. The van der Waals surface area contributed by atoms with Crippen molar-refractivity contribution in [2.45, 2.75) is 0 Å². The summed E-state index contributed by atoms with van der Waals surface area (Å²) in [5, 5.41) is 55.1. The van der Waals surface area contributed by atoms with Crippen molar-refractivity contribution in [2.24, 2.45) is 0 Å². The van der Waals surface area contributed by atoms with Crippen molar-refractivity contribution in [3.05, 3.63) is 390 Å². The summed E-state index contributed by atoms with van der Waals surface area (Å²) in [4.78, 5) is 97.7. The van der Waals surface area contributed by atoms with Gasteiger partial charge in [0.1, 0.15) is 0 Å². The number of pyridine rings is 8. The first-order valence-corrected chi connectivity index (χ1v) is 30.0. The van der Waals surface area contributed by atoms with Crippen molar-refractivity contribution in [1.29, 1.82) is 0 Å². The summed E-state index contributed by atoms with van der Waals surface area (Å²) >= 11 is 0. The molecule has 0 aliphatic carbocycles. The molecule has 8 aromatic heterocycles. The maximum Gasteiger partial charge on any atom is 0.290 e. The summed E-state index contributed by atoms with van der Waals surface area (Å²) in [6, 6.07) is 46.6. The molecule has 0 bridgehead atoms. The third-order valence-electron chi connectivity index (χ3n) is 10.4. The second-order valence-corrected chi connectivity index (χ2v) is 16.8. The lowest BCUT2D eigenvalue weighted by molar-refractivity contribution is -0.123. The van der Waals surface area contributed by atoms with Gasteiger partial charge in [-0.2, -0.15) is 0 Å². The van der Waals surface area contributed by atoms with E-state index >= 15 is 0 Å². The van der Waals surface area contributed by atoms with Crippen LogP contribution in [0.25, 0.3) is 72.9 Å². The van der Waals surface area contributed by atoms with Crippen LogP contribution < -0.4 is 0 Å². The number of benzene rings is 2. The van der Waals surface area contributed by atoms with Gasteiger partial charge in [0.05, 0.1) is 0 Å². The van der Waals surface area contributed by atoms with Crippen LogP contribution in [0, 0.1) is 0 Å². The number of aromatic nitrogens is 8. The first-order chi connectivity index (χ1) is 52.5. The van der Waals surface area contributed by atoms with Crippen LogP contribution in [0.15, 0.2) is 324 Å². The molecule has 10 aromatic rings. The fourth-order valence-electron chi connectivity index (χ4n) is 5.65. The van der Waals surface area contributed by atoms with Crippen molar-refractivity contribution >= 4 is 125 Å². The third kappa shape index (κ3) is 82.7. The minimum absolute atomic E-state index is 0.250. The largest absolute Gasteiger partial charge is 0.483 e. The Kier molecular flexibility index (Phi) is 95.7. The molecule has 0 radical (unpaired) electrons. The van der Waals surface area contributed by atoms with Crippen LogP contribution in [0.2, 0.25) is 0 Å². The van der Waals surface area contributed by atoms with E-state index in [0.717, 1.165) is 66.8 Å². The molecule has 0 saturated heterocycles. The van der Waals surface area contributed by atoms with Gasteiger partial charge in [-0.1, -0.05) is 200 Å². The molecule has 8 heterocycles. The van der Waals surface area contributed by atoms with E-state index in [9.17, 15) is 0 Å². The van der Waals surface area contributed by atoms with Crippen LogP contribution in [-0.4, -0.2) is 133 Å². The van der Waals surface area contributed by atoms with E-state index in [1.54, 1.807) is 148 Å². The molecular weight excluding hydrogens is 1380 g/mol. The first kappa shape index (κ1) is 108. The van der Waals surface area contributed by atoms with E-state index in [-0.39, 0.29) is 51.8 Å². The summed E-state index contributed by atoms with van der Waals surface area (Å²) in [6.07, 6.45) is 49.6. The predicted molar refractivity (Wildman–Crippen MR) is 437 cm³/mol. The zero-order chi connectivity index (χ0) is 83.0. The summed E-state index contributed by atoms with van der Waals surface area (Å²) in [7, 11) is 0. The van der Waals surface area contributed by atoms with Crippen molar-refractivity contribution < 1.29 is 79.2 Å². The van der Waals surface area contributed by atoms with Crippen LogP contribution in [0.4, 0.5) is 0 Å². The van der Waals surface area contributed by atoms with Crippen LogP contribution in [0.5, 0.6) is 0 Å². The lowest BCUT2D eigenvalue weighted by Crippen LogP contribution is -1.76. The smallest absolute Gasteiger partial charge is 0.290 e. The molecule has 0 spiro atoms. The molecule has 0 saturated carbocycles. The third-order valence-corrected chi connectivity index (χ3v) is 10.4. The van der Waals surface area contributed by atoms with Crippen molar-refractivity contribution in [2.75, 3.05) is 0 Å². The normalized spacial score (nSPS) is 7.56. The van der Waals surface area contributed by atoms with E-state index in [2.05, 4.69) is 119 Å². The monoisotopic (exact) mass is 1470 g/mol. The summed E-state index contributed by atoms with van der Waals surface area (Å²) in [6.45, 7) is 41.5. The Hall–Kier alpha value is -15.7. The minimum Gasteiger partial charge on any atom is -0.483 e. The number of carboxylic acid groups (broad SMARTS) is 8. The number of nitrogens with zero attached hydrogens (tertiary/aromatic N) is 8. The van der Waals surface area contributed by atoms with Crippen molar-refractivity contribution in [3.8, 4) is 0 Å². The number of hydrogen-bond donors (Lipinski definition) is 8. The molecule has 564 valence electrons. The van der Waals surface area contributed by atoms with Crippen molar-refractivity contribution in [1.82, 2.24) is 39.9 Å². The molecule has 24 nitrogen and oxygen atoms in total. The Labute approximate surface area is 631 Å². The number of rotatable bonds is 12. The fraction of sp³-hybridized carbons (Fsp3) is 0. The Balaban J connectivity index is -0.000000166. The highest BCUT2D eigenvalue weighted by atomic mass is 16.4. The zero-order valence-corrected chi connectivity index (χ0v) is 59.5. The van der Waals surface area contributed by atoms with Gasteiger partial charge in [0.2, 0.25) is 0 Å². The average molecular weight is 1470 g/mol. The summed E-state index contributed by atoms with van der Waals surface area (Å²) in [5.74, 6) is 0. The average Bonchev–Trinajstić information content (AvgIpc) is 0.920. The van der Waals surface area contributed by atoms with Crippen LogP contribution >= 0.6 is 0 Å². The molecule has 8 N–H and O–H groups in total. The highest BCUT2D eigenvalue weighted by Crippen LogP contribution is 2.10. The van der Waals surface area contributed by atoms with Gasteiger partial charge in [0, 0.05) is 99.1 Å². The Morgan fingerprint density at radius 1 is 0.167 bits per heavy atom. The minimum atomic E-state index is -0.250. The van der Waals surface area contributed by atoms with E-state index in [4.69, 9.17) is 79.2 Å². The topological polar surface area (TPSA) is 402 Å². The standard InChI is InChI=1S/2C10H10.8C7H7N.8CH2O2/c1-3-9-5-7-10(4-2)8-6-9;1-3-9-7-5-6-8-10(9)4-2;8*1-2-7-3-5-8-6-4-7;8*2-1-3/h2*3-8H,1-2H2;8*2-6H,1H2;8*1H,(H,2,3). The lowest BCUT2D eigenvalue weighted by atomic mass is 10.1. The van der Waals surface area contributed by atoms with E-state index in [0.29, 0.717) is 0 Å². The highest BCUT2D eigenvalue weighted by Gasteiger charge is 1.90. The van der Waals surface area contributed by atoms with Crippen molar-refractivity contribution in [3.63, 3.8) is 0 Å². The van der Waals surface area contributed by atoms with Gasteiger partial charge in [-0.25, -0.2) is 0 Å². The number of carbonyl (C=O) groups is 8. The van der Waals surface area contributed by atoms with Gasteiger partial charge in [-0.3, -0.25) is 78.2 Å². The Bertz CT molecular complexity index is 3190. The van der Waals surface area contributed by atoms with Gasteiger partial charge >= 0.3 is 0 Å². The Morgan fingerprint density at radius 2 is 0.259 bits per heavy atom. The van der Waals surface area contributed by atoms with Gasteiger partial charge < -0.3 is 40.9 Å². The maximum atomic E-state index is 8.36. The summed E-state index contributed by atoms with van der Waals surface area (Å²) < 4.78 is 0. The molecule has 0 aliphatic heterocycles. The van der Waals surface area contributed by atoms with E-state index in [1.807, 2.05) is 170 Å². The SMILES string of the molecule is C=Cc1ccc(C=C)cc1.C=Cc1ccccc1C=C.C=Cc1ccncc1.C=Cc1ccncc1.C=Cc1ccncc1.C=Cc1ccncc1.C=Cc1ccncc1.C=Cc1ccncc1.C=Cc1ccncc1.C=Cc1ccncc1.O=CO.O=CO.O=CO.O=CO.O=CO.O=CO.O=CO.O=CO. The zero-order valence-electron chi connectivity index (χ0n) is 59.5. The molecular formula is C84H92N8O16. The Morgan fingerprint density at radius 3 is 0.333 bits per heavy atom. The van der Waals surface area contributed by atoms with Crippen LogP contribution in [0.3, 0.4) is 0 Å². The molecule has 0 fully saturated rings. The molecule has 0 unspecified atom stereocenters. The van der Waals surface area contributed by atoms with Gasteiger partial charge in [-0.05, 0) is 164 Å². The van der Waals surface area contributed by atoms with Crippen LogP contribution in [0.1, 0.15) is 66.8 Å². The van der Waals surface area contributed by atoms with E-state index < -0.39 is 0 Å². The second kappa shape index (κ2) is 95.5. The molecule has 24 heteroatoms. The van der Waals surface area contributed by atoms with Crippen LogP contribution in [-0.2, 0) is 38.4 Å². The second-order valence-electron chi connectivity index (χ2n) is 16.8. The summed E-state index contributed by atoms with van der Waals surface area (Å²) in [5.41, 5.74) is 13.5. The van der Waals surface area contributed by atoms with Gasteiger partial charge in [0.15, 0.2) is 0 Å². The quantitative estimate of drug-likeness (QED) is 0.0527. The fourth-order valence-corrected chi connectivity index (χ4v) is 5.65. The lowest BCUT2D eigenvalue weighted by Gasteiger charge is -1.96. The molecule has 0 aliphatic rings. The van der Waals surface area contributed by atoms with Gasteiger partial charge in [0.25, 0.3) is 51.8 Å². The molecule has 108 heavy (non-hydrogen) atoms. The molecule has 10 rings (SSSR count). The predicted octanol–water partition coefficient (Wildman–Crippen LogP) is 17.3.